The van der Waals surface area contributed by atoms with Crippen molar-refractivity contribution in [1.29, 1.82) is 0 Å². The summed E-state index contributed by atoms with van der Waals surface area (Å²) in [4.78, 5) is 0. The minimum absolute atomic E-state index is 0.176. The zero-order valence-corrected chi connectivity index (χ0v) is 14.2. The molecule has 0 aliphatic heterocycles. The second-order valence-corrected chi connectivity index (χ2v) is 8.07. The summed E-state index contributed by atoms with van der Waals surface area (Å²) in [5, 5.41) is 1.29. The highest BCUT2D eigenvalue weighted by atomic mass is 35.5. The number of halogens is 2. The van der Waals surface area contributed by atoms with Crippen LogP contribution in [0.2, 0.25) is 10.0 Å². The summed E-state index contributed by atoms with van der Waals surface area (Å²) >= 11 is 12.5. The van der Waals surface area contributed by atoms with E-state index in [1.807, 2.05) is 12.1 Å². The van der Waals surface area contributed by atoms with Crippen molar-refractivity contribution in [2.75, 3.05) is 0 Å². The van der Waals surface area contributed by atoms with E-state index in [1.54, 1.807) is 0 Å². The van der Waals surface area contributed by atoms with Gasteiger partial charge < -0.3 is 5.73 Å². The van der Waals surface area contributed by atoms with Gasteiger partial charge in [0, 0.05) is 5.54 Å². The van der Waals surface area contributed by atoms with Crippen molar-refractivity contribution in [1.82, 2.24) is 0 Å². The Morgan fingerprint density at radius 1 is 1.25 bits per heavy atom. The van der Waals surface area contributed by atoms with Crippen LogP contribution < -0.4 is 5.73 Å². The molecule has 1 aliphatic rings. The Morgan fingerprint density at radius 2 is 1.95 bits per heavy atom. The van der Waals surface area contributed by atoms with Gasteiger partial charge in [0.15, 0.2) is 0 Å². The van der Waals surface area contributed by atoms with Gasteiger partial charge >= 0.3 is 0 Å². The molecule has 0 heterocycles. The smallest absolute Gasteiger partial charge is 0.0624 e. The molecule has 1 nitrogen and oxygen atoms in total. The molecule has 0 spiro atoms. The van der Waals surface area contributed by atoms with Gasteiger partial charge in [-0.3, -0.25) is 0 Å². The molecule has 3 heteroatoms. The third-order valence-corrected chi connectivity index (χ3v) is 5.53. The summed E-state index contributed by atoms with van der Waals surface area (Å²) in [6.07, 6.45) is 5.58. The fraction of sp³-hybridized carbons (Fsp3) is 0.647. The lowest BCUT2D eigenvalue weighted by atomic mass is 9.61. The molecule has 1 aromatic carbocycles. The first-order valence-corrected chi connectivity index (χ1v) is 8.21. The summed E-state index contributed by atoms with van der Waals surface area (Å²) in [6.45, 7) is 6.89. The molecule has 2 unspecified atom stereocenters. The van der Waals surface area contributed by atoms with E-state index in [0.29, 0.717) is 16.0 Å². The van der Waals surface area contributed by atoms with Crippen LogP contribution in [0.3, 0.4) is 0 Å². The van der Waals surface area contributed by atoms with Gasteiger partial charge in [-0.05, 0) is 42.2 Å². The van der Waals surface area contributed by atoms with Gasteiger partial charge in [0.05, 0.1) is 10.0 Å². The van der Waals surface area contributed by atoms with Gasteiger partial charge in [-0.2, -0.15) is 0 Å². The van der Waals surface area contributed by atoms with Crippen LogP contribution in [0.5, 0.6) is 0 Å². The summed E-state index contributed by atoms with van der Waals surface area (Å²) < 4.78 is 0. The molecule has 20 heavy (non-hydrogen) atoms. The Bertz CT molecular complexity index is 478. The average molecular weight is 314 g/mol. The molecule has 1 fully saturated rings. The molecule has 0 amide bonds. The van der Waals surface area contributed by atoms with E-state index in [2.05, 4.69) is 26.8 Å². The Kier molecular flexibility index (Phi) is 4.73. The molecule has 0 radical (unpaired) electrons. The quantitative estimate of drug-likeness (QED) is 0.769. The summed E-state index contributed by atoms with van der Waals surface area (Å²) in [6, 6.07) is 5.84. The fourth-order valence-electron chi connectivity index (χ4n) is 3.81. The Morgan fingerprint density at radius 3 is 2.60 bits per heavy atom. The van der Waals surface area contributed by atoms with Crippen LogP contribution in [0.15, 0.2) is 18.2 Å². The van der Waals surface area contributed by atoms with Crippen LogP contribution in [0.1, 0.15) is 52.0 Å². The van der Waals surface area contributed by atoms with Gasteiger partial charge in [0.1, 0.15) is 0 Å². The maximum atomic E-state index is 6.84. The zero-order valence-electron chi connectivity index (χ0n) is 12.7. The predicted molar refractivity (Wildman–Crippen MR) is 88.5 cm³/mol. The number of hydrogen-bond acceptors (Lipinski definition) is 1. The Hall–Kier alpha value is -0.240. The number of nitrogens with two attached hydrogens (primary N) is 1. The largest absolute Gasteiger partial charge is 0.325 e. The molecule has 112 valence electrons. The molecule has 2 rings (SSSR count). The maximum absolute atomic E-state index is 6.84. The number of rotatable bonds is 2. The molecular formula is C17H25Cl2N. The second kappa shape index (κ2) is 5.87. The lowest BCUT2D eigenvalue weighted by Gasteiger charge is -2.48. The van der Waals surface area contributed by atoms with Crippen molar-refractivity contribution in [3.8, 4) is 0 Å². The number of benzene rings is 1. The summed E-state index contributed by atoms with van der Waals surface area (Å²) in [5.74, 6) is 0.513. The van der Waals surface area contributed by atoms with Crippen molar-refractivity contribution in [2.45, 2.75) is 58.4 Å². The standard InChI is InChI=1S/C17H25Cl2N/c1-16(2,3)14-9-4-5-10-17(14,20)11-12-7-6-8-13(18)15(12)19/h6-8,14H,4-5,9-11,20H2,1-3H3. The minimum Gasteiger partial charge on any atom is -0.325 e. The van der Waals surface area contributed by atoms with Crippen LogP contribution >= 0.6 is 23.2 Å². The van der Waals surface area contributed by atoms with Gasteiger partial charge in [-0.15, -0.1) is 0 Å². The molecule has 2 N–H and O–H groups in total. The molecule has 1 aliphatic carbocycles. The second-order valence-electron chi connectivity index (χ2n) is 7.29. The van der Waals surface area contributed by atoms with Crippen molar-refractivity contribution >= 4 is 23.2 Å². The predicted octanol–water partition coefficient (Wildman–Crippen LogP) is 5.47. The van der Waals surface area contributed by atoms with Gasteiger partial charge in [0.2, 0.25) is 0 Å². The highest BCUT2D eigenvalue weighted by Gasteiger charge is 2.43. The SMILES string of the molecule is CC(C)(C)C1CCCCC1(N)Cc1cccc(Cl)c1Cl. The lowest BCUT2D eigenvalue weighted by molar-refractivity contribution is 0.0793. The molecule has 1 saturated carbocycles. The number of hydrogen-bond donors (Lipinski definition) is 1. The molecule has 0 aromatic heterocycles. The van der Waals surface area contributed by atoms with E-state index < -0.39 is 0 Å². The monoisotopic (exact) mass is 313 g/mol. The van der Waals surface area contributed by atoms with Gasteiger partial charge in [0.25, 0.3) is 0 Å². The molecule has 0 saturated heterocycles. The topological polar surface area (TPSA) is 26.0 Å². The molecular weight excluding hydrogens is 289 g/mol. The van der Waals surface area contributed by atoms with E-state index >= 15 is 0 Å². The summed E-state index contributed by atoms with van der Waals surface area (Å²) in [5.41, 5.74) is 7.97. The maximum Gasteiger partial charge on any atom is 0.0624 e. The third kappa shape index (κ3) is 3.32. The van der Waals surface area contributed by atoms with E-state index in [9.17, 15) is 0 Å². The highest BCUT2D eigenvalue weighted by molar-refractivity contribution is 6.42. The zero-order chi connectivity index (χ0) is 15.0. The first-order chi connectivity index (χ1) is 9.24. The highest BCUT2D eigenvalue weighted by Crippen LogP contribution is 2.45. The fourth-order valence-corrected chi connectivity index (χ4v) is 4.20. The first kappa shape index (κ1) is 16.1. The van der Waals surface area contributed by atoms with Crippen LogP contribution in [0.25, 0.3) is 0 Å². The molecule has 2 atom stereocenters. The van der Waals surface area contributed by atoms with Gasteiger partial charge in [-0.25, -0.2) is 0 Å². The minimum atomic E-state index is -0.176. The Balaban J connectivity index is 2.30. The van der Waals surface area contributed by atoms with E-state index in [1.165, 1.54) is 19.3 Å². The molecule has 0 bridgehead atoms. The van der Waals surface area contributed by atoms with Crippen LogP contribution in [0, 0.1) is 11.3 Å². The van der Waals surface area contributed by atoms with Crippen LogP contribution in [-0.2, 0) is 6.42 Å². The lowest BCUT2D eigenvalue weighted by Crippen LogP contribution is -2.55. The summed E-state index contributed by atoms with van der Waals surface area (Å²) in [7, 11) is 0. The van der Waals surface area contributed by atoms with Crippen molar-refractivity contribution in [2.24, 2.45) is 17.1 Å². The normalized spacial score (nSPS) is 27.6. The van der Waals surface area contributed by atoms with Crippen LogP contribution in [-0.4, -0.2) is 5.54 Å². The van der Waals surface area contributed by atoms with Crippen molar-refractivity contribution < 1.29 is 0 Å². The van der Waals surface area contributed by atoms with E-state index in [-0.39, 0.29) is 11.0 Å². The van der Waals surface area contributed by atoms with Crippen LogP contribution in [0.4, 0.5) is 0 Å². The van der Waals surface area contributed by atoms with Gasteiger partial charge in [-0.1, -0.05) is 68.9 Å². The average Bonchev–Trinajstić information content (AvgIpc) is 2.34. The van der Waals surface area contributed by atoms with E-state index in [0.717, 1.165) is 18.4 Å². The third-order valence-electron chi connectivity index (χ3n) is 4.68. The van der Waals surface area contributed by atoms with Crippen molar-refractivity contribution in [3.63, 3.8) is 0 Å². The van der Waals surface area contributed by atoms with Crippen molar-refractivity contribution in [3.05, 3.63) is 33.8 Å². The molecule has 1 aromatic rings. The Labute approximate surface area is 132 Å². The van der Waals surface area contributed by atoms with E-state index in [4.69, 9.17) is 28.9 Å². The first-order valence-electron chi connectivity index (χ1n) is 7.46.